The predicted octanol–water partition coefficient (Wildman–Crippen LogP) is 4.52. The summed E-state index contributed by atoms with van der Waals surface area (Å²) in [6.45, 7) is 4.30. The van der Waals surface area contributed by atoms with Crippen LogP contribution < -0.4 is 0 Å². The number of carboxylic acid groups (broad SMARTS) is 2. The quantitative estimate of drug-likeness (QED) is 0.267. The lowest BCUT2D eigenvalue weighted by molar-refractivity contribution is -0.742. The average molecular weight is 351 g/mol. The number of nitrogens with zero attached hydrogens (tertiary/aromatic N) is 1. The normalized spacial score (nSPS) is 9.08. The fourth-order valence-electron chi connectivity index (χ4n) is 1.76. The van der Waals surface area contributed by atoms with Crippen molar-refractivity contribution in [2.75, 3.05) is 0 Å². The maximum atomic E-state index is 10.0. The van der Waals surface area contributed by atoms with E-state index in [1.807, 2.05) is 0 Å². The summed E-state index contributed by atoms with van der Waals surface area (Å²) in [4.78, 5) is 28.4. The molecule has 0 aromatic heterocycles. The van der Waals surface area contributed by atoms with Crippen LogP contribution in [0.1, 0.15) is 90.9 Å². The monoisotopic (exact) mass is 351 g/mol. The Morgan fingerprint density at radius 2 is 1.00 bits per heavy atom. The Morgan fingerprint density at radius 1 is 0.750 bits per heavy atom. The molecule has 8 heteroatoms. The van der Waals surface area contributed by atoms with Crippen molar-refractivity contribution < 1.29 is 30.1 Å². The second kappa shape index (κ2) is 23.4. The van der Waals surface area contributed by atoms with Crippen LogP contribution in [0.5, 0.6) is 0 Å². The van der Waals surface area contributed by atoms with Gasteiger partial charge in [0.25, 0.3) is 5.09 Å². The summed E-state index contributed by atoms with van der Waals surface area (Å²) in [6.07, 6.45) is 11.8. The summed E-state index contributed by atoms with van der Waals surface area (Å²) >= 11 is 0. The highest BCUT2D eigenvalue weighted by Gasteiger charge is 1.95. The number of rotatable bonds is 12. The molecule has 0 fully saturated rings. The van der Waals surface area contributed by atoms with E-state index in [1.54, 1.807) is 0 Å². The lowest BCUT2D eigenvalue weighted by Gasteiger charge is -1.95. The van der Waals surface area contributed by atoms with Gasteiger partial charge in [-0.3, -0.25) is 9.59 Å². The number of hydrogen-bond acceptors (Lipinski definition) is 4. The molecule has 3 N–H and O–H groups in total. The molecule has 144 valence electrons. The van der Waals surface area contributed by atoms with E-state index < -0.39 is 17.0 Å². The molecule has 0 aliphatic rings. The third-order valence-corrected chi connectivity index (χ3v) is 2.99. The largest absolute Gasteiger partial charge is 0.481 e. The molecule has 0 aromatic rings. The van der Waals surface area contributed by atoms with E-state index in [1.165, 1.54) is 38.5 Å². The van der Waals surface area contributed by atoms with Crippen LogP contribution in [0.3, 0.4) is 0 Å². The molecule has 24 heavy (non-hydrogen) atoms. The zero-order valence-electron chi connectivity index (χ0n) is 14.9. The third kappa shape index (κ3) is 50.1. The van der Waals surface area contributed by atoms with Crippen LogP contribution in [0, 0.1) is 10.1 Å². The van der Waals surface area contributed by atoms with Gasteiger partial charge in [0.1, 0.15) is 0 Å². The van der Waals surface area contributed by atoms with Gasteiger partial charge in [-0.15, -0.1) is 10.1 Å². The third-order valence-electron chi connectivity index (χ3n) is 2.99. The van der Waals surface area contributed by atoms with Crippen molar-refractivity contribution in [1.82, 2.24) is 0 Å². The van der Waals surface area contributed by atoms with Gasteiger partial charge in [0, 0.05) is 12.8 Å². The zero-order valence-corrected chi connectivity index (χ0v) is 14.9. The smallest absolute Gasteiger partial charge is 0.303 e. The predicted molar refractivity (Wildman–Crippen MR) is 90.8 cm³/mol. The molecule has 0 rings (SSSR count). The standard InChI is InChI=1S/2C8H16O2.HNO3/c2*1-2-3-4-5-6-7-8(9)10;2-1(3)4/h2*2-7H2,1H3,(H,9,10);(H,2,3,4). The van der Waals surface area contributed by atoms with E-state index in [2.05, 4.69) is 13.8 Å². The van der Waals surface area contributed by atoms with Gasteiger partial charge < -0.3 is 15.4 Å². The van der Waals surface area contributed by atoms with Crippen molar-refractivity contribution in [2.24, 2.45) is 0 Å². The van der Waals surface area contributed by atoms with Crippen molar-refractivity contribution >= 4 is 11.9 Å². The average Bonchev–Trinajstić information content (AvgIpc) is 2.46. The molecule has 0 amide bonds. The Hall–Kier alpha value is -1.86. The second-order valence-corrected chi connectivity index (χ2v) is 5.35. The van der Waals surface area contributed by atoms with E-state index in [4.69, 9.17) is 25.5 Å². The van der Waals surface area contributed by atoms with Crippen LogP contribution in [-0.2, 0) is 9.59 Å². The van der Waals surface area contributed by atoms with Crippen LogP contribution in [0.4, 0.5) is 0 Å². The highest BCUT2D eigenvalue weighted by atomic mass is 16.9. The van der Waals surface area contributed by atoms with Gasteiger partial charge in [0.05, 0.1) is 0 Å². The molecule has 0 bridgehead atoms. The number of carboxylic acids is 2. The molecule has 0 aliphatic heterocycles. The minimum Gasteiger partial charge on any atom is -0.481 e. The molecule has 0 atom stereocenters. The SMILES string of the molecule is CCCCCCCC(=O)O.CCCCCCCC(=O)O.O=[N+]([O-])O. The lowest BCUT2D eigenvalue weighted by Crippen LogP contribution is -1.93. The van der Waals surface area contributed by atoms with Gasteiger partial charge in [-0.1, -0.05) is 65.2 Å². The Morgan fingerprint density at radius 3 is 1.21 bits per heavy atom. The molecule has 0 unspecified atom stereocenters. The van der Waals surface area contributed by atoms with Crippen molar-refractivity contribution in [3.05, 3.63) is 10.1 Å². The highest BCUT2D eigenvalue weighted by molar-refractivity contribution is 5.66. The van der Waals surface area contributed by atoms with Gasteiger partial charge in [0.2, 0.25) is 0 Å². The first-order chi connectivity index (χ1) is 11.3. The first-order valence-corrected chi connectivity index (χ1v) is 8.54. The maximum absolute atomic E-state index is 10.0. The molecule has 0 heterocycles. The number of unbranched alkanes of at least 4 members (excludes halogenated alkanes) is 8. The Balaban J connectivity index is -0.000000301. The minimum atomic E-state index is -1.50. The van der Waals surface area contributed by atoms with Gasteiger partial charge in [-0.05, 0) is 12.8 Å². The molecule has 0 saturated heterocycles. The molecule has 0 spiro atoms. The summed E-state index contributed by atoms with van der Waals surface area (Å²) in [5, 5.41) is 30.2. The second-order valence-electron chi connectivity index (χ2n) is 5.35. The lowest BCUT2D eigenvalue weighted by atomic mass is 10.1. The van der Waals surface area contributed by atoms with Gasteiger partial charge in [-0.2, -0.15) is 0 Å². The zero-order chi connectivity index (χ0) is 19.2. The molecule has 0 saturated carbocycles. The van der Waals surface area contributed by atoms with Crippen LogP contribution in [-0.4, -0.2) is 32.4 Å². The van der Waals surface area contributed by atoms with Crippen molar-refractivity contribution in [3.8, 4) is 0 Å². The molecule has 0 aromatic carbocycles. The van der Waals surface area contributed by atoms with Gasteiger partial charge in [-0.25, -0.2) is 0 Å². The van der Waals surface area contributed by atoms with E-state index in [0.717, 1.165) is 25.7 Å². The van der Waals surface area contributed by atoms with Crippen LogP contribution in [0.15, 0.2) is 0 Å². The highest BCUT2D eigenvalue weighted by Crippen LogP contribution is 2.04. The summed E-state index contributed by atoms with van der Waals surface area (Å²) in [5.74, 6) is -1.34. The number of aliphatic carboxylic acids is 2. The Bertz CT molecular complexity index is 281. The van der Waals surface area contributed by atoms with Crippen LogP contribution in [0.2, 0.25) is 0 Å². The van der Waals surface area contributed by atoms with Crippen molar-refractivity contribution in [1.29, 1.82) is 0 Å². The van der Waals surface area contributed by atoms with E-state index in [-0.39, 0.29) is 0 Å². The summed E-state index contributed by atoms with van der Waals surface area (Å²) in [7, 11) is 0. The van der Waals surface area contributed by atoms with Crippen molar-refractivity contribution in [3.63, 3.8) is 0 Å². The molecular formula is C16H33NO7. The van der Waals surface area contributed by atoms with Crippen LogP contribution >= 0.6 is 0 Å². The van der Waals surface area contributed by atoms with Gasteiger partial charge >= 0.3 is 11.9 Å². The topological polar surface area (TPSA) is 138 Å². The molecule has 0 radical (unpaired) electrons. The summed E-state index contributed by atoms with van der Waals surface area (Å²) in [5.41, 5.74) is 0. The van der Waals surface area contributed by atoms with E-state index in [0.29, 0.717) is 12.8 Å². The fraction of sp³-hybridized carbons (Fsp3) is 0.875. The Labute approximate surface area is 144 Å². The molecular weight excluding hydrogens is 318 g/mol. The van der Waals surface area contributed by atoms with Gasteiger partial charge in [0.15, 0.2) is 0 Å². The first kappa shape index (κ1) is 27.0. The fourth-order valence-corrected chi connectivity index (χ4v) is 1.76. The maximum Gasteiger partial charge on any atom is 0.303 e. The number of carbonyl (C=O) groups is 2. The first-order valence-electron chi connectivity index (χ1n) is 8.54. The molecule has 0 aliphatic carbocycles. The number of hydrogen-bond donors (Lipinski definition) is 3. The van der Waals surface area contributed by atoms with E-state index >= 15 is 0 Å². The Kier molecular flexibility index (Phi) is 26.3. The van der Waals surface area contributed by atoms with Crippen molar-refractivity contribution in [2.45, 2.75) is 90.9 Å². The summed E-state index contributed by atoms with van der Waals surface area (Å²) < 4.78 is 0. The van der Waals surface area contributed by atoms with E-state index in [9.17, 15) is 9.59 Å². The van der Waals surface area contributed by atoms with Crippen LogP contribution in [0.25, 0.3) is 0 Å². The molecule has 8 nitrogen and oxygen atoms in total. The minimum absolute atomic E-state index is 0.337. The summed E-state index contributed by atoms with van der Waals surface area (Å²) in [6, 6.07) is 0.